The van der Waals surface area contributed by atoms with Crippen molar-refractivity contribution >= 4 is 11.9 Å². The summed E-state index contributed by atoms with van der Waals surface area (Å²) in [7, 11) is 0. The van der Waals surface area contributed by atoms with Crippen molar-refractivity contribution in [3.05, 3.63) is 0 Å². The molecule has 0 aromatic rings. The number of morpholine rings is 1. The summed E-state index contributed by atoms with van der Waals surface area (Å²) in [6, 6.07) is 0. The number of amides is 1. The number of ether oxygens (including phenoxy) is 2. The molecule has 1 fully saturated rings. The molecule has 1 heterocycles. The monoisotopic (exact) mass is 300 g/mol. The Labute approximate surface area is 127 Å². The van der Waals surface area contributed by atoms with Crippen molar-refractivity contribution in [3.63, 3.8) is 0 Å². The van der Waals surface area contributed by atoms with Crippen LogP contribution in [-0.4, -0.2) is 62.8 Å². The van der Waals surface area contributed by atoms with Crippen LogP contribution in [0.4, 0.5) is 0 Å². The van der Waals surface area contributed by atoms with Crippen LogP contribution in [0, 0.1) is 5.41 Å². The lowest BCUT2D eigenvalue weighted by molar-refractivity contribution is -0.144. The van der Waals surface area contributed by atoms with Crippen LogP contribution in [0.3, 0.4) is 0 Å². The van der Waals surface area contributed by atoms with Crippen LogP contribution in [0.2, 0.25) is 0 Å². The standard InChI is InChI=1S/C15H28N2O4/c1-15(2,3)14(19)16-6-4-5-13(18)21-12-9-17-7-10-20-11-8-17/h4-12H2,1-3H3,(H,16,19). The average Bonchev–Trinajstić information content (AvgIpc) is 2.43. The molecule has 0 bridgehead atoms. The highest BCUT2D eigenvalue weighted by atomic mass is 16.5. The summed E-state index contributed by atoms with van der Waals surface area (Å²) in [5.41, 5.74) is -0.390. The van der Waals surface area contributed by atoms with Gasteiger partial charge in [0, 0.05) is 38.0 Å². The van der Waals surface area contributed by atoms with Crippen LogP contribution in [0.15, 0.2) is 0 Å². The molecule has 122 valence electrons. The van der Waals surface area contributed by atoms with Gasteiger partial charge in [0.15, 0.2) is 0 Å². The van der Waals surface area contributed by atoms with Gasteiger partial charge in [-0.25, -0.2) is 0 Å². The van der Waals surface area contributed by atoms with E-state index in [9.17, 15) is 9.59 Å². The lowest BCUT2D eigenvalue weighted by Gasteiger charge is -2.26. The maximum atomic E-state index is 11.6. The third-order valence-electron chi connectivity index (χ3n) is 3.30. The summed E-state index contributed by atoms with van der Waals surface area (Å²) in [6.45, 7) is 10.6. The number of nitrogens with one attached hydrogen (secondary N) is 1. The van der Waals surface area contributed by atoms with E-state index in [1.54, 1.807) is 0 Å². The summed E-state index contributed by atoms with van der Waals surface area (Å²) in [5, 5.41) is 2.82. The normalized spacial score (nSPS) is 16.5. The van der Waals surface area contributed by atoms with E-state index in [2.05, 4.69) is 10.2 Å². The van der Waals surface area contributed by atoms with Crippen molar-refractivity contribution in [2.75, 3.05) is 46.0 Å². The van der Waals surface area contributed by atoms with E-state index in [4.69, 9.17) is 9.47 Å². The van der Waals surface area contributed by atoms with Crippen molar-refractivity contribution in [1.82, 2.24) is 10.2 Å². The molecule has 0 unspecified atom stereocenters. The van der Waals surface area contributed by atoms with Crippen LogP contribution in [0.1, 0.15) is 33.6 Å². The molecule has 0 atom stereocenters. The molecule has 0 aromatic heterocycles. The largest absolute Gasteiger partial charge is 0.464 e. The average molecular weight is 300 g/mol. The third kappa shape index (κ3) is 8.02. The molecule has 1 aliphatic heterocycles. The first-order chi connectivity index (χ1) is 9.89. The second kappa shape index (κ2) is 9.00. The highest BCUT2D eigenvalue weighted by Crippen LogP contribution is 2.12. The van der Waals surface area contributed by atoms with Gasteiger partial charge in [0.2, 0.25) is 5.91 Å². The van der Waals surface area contributed by atoms with Crippen LogP contribution in [0.25, 0.3) is 0 Å². The van der Waals surface area contributed by atoms with Gasteiger partial charge >= 0.3 is 5.97 Å². The first kappa shape index (κ1) is 17.9. The molecule has 1 rings (SSSR count). The van der Waals surface area contributed by atoms with Crippen molar-refractivity contribution in [1.29, 1.82) is 0 Å². The van der Waals surface area contributed by atoms with Gasteiger partial charge in [-0.15, -0.1) is 0 Å². The van der Waals surface area contributed by atoms with Gasteiger partial charge in [-0.3, -0.25) is 14.5 Å². The third-order valence-corrected chi connectivity index (χ3v) is 3.30. The van der Waals surface area contributed by atoms with Crippen molar-refractivity contribution in [2.24, 2.45) is 5.41 Å². The summed E-state index contributed by atoms with van der Waals surface area (Å²) in [5.74, 6) is -0.198. The van der Waals surface area contributed by atoms with Gasteiger partial charge < -0.3 is 14.8 Å². The van der Waals surface area contributed by atoms with E-state index in [1.807, 2.05) is 20.8 Å². The Balaban J connectivity index is 2.00. The maximum absolute atomic E-state index is 11.6. The Morgan fingerprint density at radius 3 is 2.52 bits per heavy atom. The van der Waals surface area contributed by atoms with E-state index < -0.39 is 5.41 Å². The number of carbonyl (C=O) groups is 2. The van der Waals surface area contributed by atoms with Crippen molar-refractivity contribution in [3.8, 4) is 0 Å². The molecule has 0 aromatic carbocycles. The Morgan fingerprint density at radius 2 is 1.90 bits per heavy atom. The molecular weight excluding hydrogens is 272 g/mol. The molecule has 0 aliphatic carbocycles. The summed E-state index contributed by atoms with van der Waals surface area (Å²) in [4.78, 5) is 25.4. The molecular formula is C15H28N2O4. The van der Waals surface area contributed by atoms with Crippen molar-refractivity contribution < 1.29 is 19.1 Å². The predicted octanol–water partition coefficient (Wildman–Crippen LogP) is 0.804. The highest BCUT2D eigenvalue weighted by molar-refractivity contribution is 5.81. The second-order valence-corrected chi connectivity index (χ2v) is 6.28. The van der Waals surface area contributed by atoms with Gasteiger partial charge in [0.1, 0.15) is 6.61 Å². The lowest BCUT2D eigenvalue weighted by Crippen LogP contribution is -2.38. The van der Waals surface area contributed by atoms with E-state index >= 15 is 0 Å². The predicted molar refractivity (Wildman–Crippen MR) is 79.9 cm³/mol. The minimum Gasteiger partial charge on any atom is -0.464 e. The number of carbonyl (C=O) groups excluding carboxylic acids is 2. The zero-order valence-corrected chi connectivity index (χ0v) is 13.4. The lowest BCUT2D eigenvalue weighted by atomic mass is 9.96. The molecule has 1 amide bonds. The van der Waals surface area contributed by atoms with Crippen LogP contribution in [0.5, 0.6) is 0 Å². The van der Waals surface area contributed by atoms with Gasteiger partial charge in [-0.2, -0.15) is 0 Å². The second-order valence-electron chi connectivity index (χ2n) is 6.28. The molecule has 0 spiro atoms. The maximum Gasteiger partial charge on any atom is 0.305 e. The Kier molecular flexibility index (Phi) is 7.67. The number of hydrogen-bond acceptors (Lipinski definition) is 5. The highest BCUT2D eigenvalue weighted by Gasteiger charge is 2.20. The quantitative estimate of drug-likeness (QED) is 0.556. The number of rotatable bonds is 7. The first-order valence-corrected chi connectivity index (χ1v) is 7.63. The zero-order valence-electron chi connectivity index (χ0n) is 13.4. The van der Waals surface area contributed by atoms with Gasteiger partial charge in [0.25, 0.3) is 0 Å². The fourth-order valence-electron chi connectivity index (χ4n) is 1.89. The zero-order chi connectivity index (χ0) is 15.7. The fourth-order valence-corrected chi connectivity index (χ4v) is 1.89. The smallest absolute Gasteiger partial charge is 0.305 e. The van der Waals surface area contributed by atoms with Gasteiger partial charge in [-0.05, 0) is 6.42 Å². The molecule has 1 saturated heterocycles. The van der Waals surface area contributed by atoms with E-state index in [0.717, 1.165) is 32.8 Å². The van der Waals surface area contributed by atoms with E-state index in [0.29, 0.717) is 26.0 Å². The summed E-state index contributed by atoms with van der Waals surface area (Å²) < 4.78 is 10.4. The van der Waals surface area contributed by atoms with Crippen molar-refractivity contribution in [2.45, 2.75) is 33.6 Å². The van der Waals surface area contributed by atoms with Crippen LogP contribution < -0.4 is 5.32 Å². The molecule has 6 nitrogen and oxygen atoms in total. The Hall–Kier alpha value is -1.14. The fraction of sp³-hybridized carbons (Fsp3) is 0.867. The van der Waals surface area contributed by atoms with Gasteiger partial charge in [0.05, 0.1) is 13.2 Å². The van der Waals surface area contributed by atoms with E-state index in [1.165, 1.54) is 0 Å². The molecule has 1 N–H and O–H groups in total. The molecule has 21 heavy (non-hydrogen) atoms. The SMILES string of the molecule is CC(C)(C)C(=O)NCCCC(=O)OCCN1CCOCC1. The van der Waals surface area contributed by atoms with Crippen LogP contribution >= 0.6 is 0 Å². The molecule has 0 saturated carbocycles. The van der Waals surface area contributed by atoms with Crippen LogP contribution in [-0.2, 0) is 19.1 Å². The first-order valence-electron chi connectivity index (χ1n) is 7.63. The number of esters is 1. The van der Waals surface area contributed by atoms with Gasteiger partial charge in [-0.1, -0.05) is 20.8 Å². The van der Waals surface area contributed by atoms with E-state index in [-0.39, 0.29) is 11.9 Å². The number of hydrogen-bond donors (Lipinski definition) is 1. The minimum absolute atomic E-state index is 0.00295. The minimum atomic E-state index is -0.390. The molecule has 6 heteroatoms. The topological polar surface area (TPSA) is 67.9 Å². The Morgan fingerprint density at radius 1 is 1.24 bits per heavy atom. The molecule has 0 radical (unpaired) electrons. The summed E-state index contributed by atoms with van der Waals surface area (Å²) >= 11 is 0. The molecule has 1 aliphatic rings. The number of nitrogens with zero attached hydrogens (tertiary/aromatic N) is 1. The summed E-state index contributed by atoms with van der Waals surface area (Å²) in [6.07, 6.45) is 0.950. The Bertz CT molecular complexity index is 333.